The van der Waals surface area contributed by atoms with E-state index < -0.39 is 10.0 Å². The molecular formula is C7H14N2O2S. The number of nitrogens with two attached hydrogens (primary N) is 1. The van der Waals surface area contributed by atoms with Gasteiger partial charge in [-0.25, -0.2) is 12.7 Å². The number of hydrogen-bond donors (Lipinski definition) is 1. The zero-order valence-corrected chi connectivity index (χ0v) is 7.76. The molecule has 1 saturated carbocycles. The van der Waals surface area contributed by atoms with E-state index in [0.29, 0.717) is 11.8 Å². The molecule has 0 spiro atoms. The van der Waals surface area contributed by atoms with E-state index >= 15 is 0 Å². The van der Waals surface area contributed by atoms with Crippen LogP contribution in [0.25, 0.3) is 0 Å². The zero-order chi connectivity index (χ0) is 8.77. The van der Waals surface area contributed by atoms with Crippen LogP contribution in [0, 0.1) is 11.8 Å². The number of sulfonamides is 1. The van der Waals surface area contributed by atoms with Gasteiger partial charge in [0.2, 0.25) is 10.0 Å². The summed E-state index contributed by atoms with van der Waals surface area (Å²) in [5, 5.41) is 0. The first-order valence-corrected chi connectivity index (χ1v) is 5.92. The van der Waals surface area contributed by atoms with Gasteiger partial charge in [0.05, 0.1) is 5.75 Å². The van der Waals surface area contributed by atoms with Crippen LogP contribution in [0.2, 0.25) is 0 Å². The standard InChI is InChI=1S/C7H14N2O2S/c8-1-2-12(10,11)9-4-6-3-7(6)5-9/h6-7H,1-5,8H2. The van der Waals surface area contributed by atoms with Gasteiger partial charge in [-0.1, -0.05) is 0 Å². The molecule has 0 aromatic rings. The Balaban J connectivity index is 2.00. The number of rotatable bonds is 3. The highest BCUT2D eigenvalue weighted by Crippen LogP contribution is 2.45. The highest BCUT2D eigenvalue weighted by molar-refractivity contribution is 7.89. The monoisotopic (exact) mass is 190 g/mol. The summed E-state index contributed by atoms with van der Waals surface area (Å²) in [6.07, 6.45) is 1.23. The Hall–Kier alpha value is -0.130. The van der Waals surface area contributed by atoms with Crippen LogP contribution in [0.15, 0.2) is 0 Å². The average Bonchev–Trinajstić information content (AvgIpc) is 2.59. The van der Waals surface area contributed by atoms with Gasteiger partial charge in [0.15, 0.2) is 0 Å². The van der Waals surface area contributed by atoms with Crippen molar-refractivity contribution >= 4 is 10.0 Å². The van der Waals surface area contributed by atoms with Crippen molar-refractivity contribution in [1.29, 1.82) is 0 Å². The lowest BCUT2D eigenvalue weighted by Gasteiger charge is -2.16. The minimum atomic E-state index is -3.00. The van der Waals surface area contributed by atoms with Crippen LogP contribution in [0.5, 0.6) is 0 Å². The topological polar surface area (TPSA) is 63.4 Å². The van der Waals surface area contributed by atoms with Gasteiger partial charge in [0.25, 0.3) is 0 Å². The second kappa shape index (κ2) is 2.68. The zero-order valence-electron chi connectivity index (χ0n) is 6.94. The van der Waals surface area contributed by atoms with Gasteiger partial charge in [-0.05, 0) is 18.3 Å². The fraction of sp³-hybridized carbons (Fsp3) is 1.00. The third-order valence-electron chi connectivity index (χ3n) is 2.71. The molecule has 1 heterocycles. The molecule has 4 nitrogen and oxygen atoms in total. The Labute approximate surface area is 72.8 Å². The Morgan fingerprint density at radius 3 is 2.42 bits per heavy atom. The molecule has 0 radical (unpaired) electrons. The van der Waals surface area contributed by atoms with Gasteiger partial charge in [0, 0.05) is 19.6 Å². The highest BCUT2D eigenvalue weighted by Gasteiger charge is 2.48. The van der Waals surface area contributed by atoms with Gasteiger partial charge in [0.1, 0.15) is 0 Å². The van der Waals surface area contributed by atoms with Crippen molar-refractivity contribution in [3.8, 4) is 0 Å². The van der Waals surface area contributed by atoms with Gasteiger partial charge in [-0.3, -0.25) is 0 Å². The predicted octanol–water partition coefficient (Wildman–Crippen LogP) is -0.773. The summed E-state index contributed by atoms with van der Waals surface area (Å²) in [5.41, 5.74) is 5.22. The average molecular weight is 190 g/mol. The van der Waals surface area contributed by atoms with Gasteiger partial charge in [-0.2, -0.15) is 0 Å². The normalized spacial score (nSPS) is 35.1. The maximum Gasteiger partial charge on any atom is 0.215 e. The minimum absolute atomic E-state index is 0.104. The smallest absolute Gasteiger partial charge is 0.215 e. The Bertz CT molecular complexity index is 265. The summed E-state index contributed by atoms with van der Waals surface area (Å²) in [5.74, 6) is 1.43. The second-order valence-corrected chi connectivity index (χ2v) is 5.77. The molecule has 0 aromatic heterocycles. The highest BCUT2D eigenvalue weighted by atomic mass is 32.2. The third-order valence-corrected chi connectivity index (χ3v) is 4.55. The number of fused-ring (bicyclic) bond motifs is 1. The molecule has 1 aliphatic heterocycles. The molecule has 2 atom stereocenters. The Morgan fingerprint density at radius 2 is 1.92 bits per heavy atom. The van der Waals surface area contributed by atoms with Crippen LogP contribution in [0.3, 0.4) is 0 Å². The molecule has 1 saturated heterocycles. The van der Waals surface area contributed by atoms with Crippen molar-refractivity contribution in [2.24, 2.45) is 17.6 Å². The molecule has 70 valence electrons. The molecule has 2 rings (SSSR count). The molecule has 2 aliphatic rings. The van der Waals surface area contributed by atoms with E-state index in [1.165, 1.54) is 6.42 Å². The molecule has 2 unspecified atom stereocenters. The van der Waals surface area contributed by atoms with Crippen LogP contribution in [0.4, 0.5) is 0 Å². The third kappa shape index (κ3) is 1.36. The van der Waals surface area contributed by atoms with Crippen LogP contribution < -0.4 is 5.73 Å². The molecule has 2 fully saturated rings. The maximum atomic E-state index is 11.4. The Morgan fingerprint density at radius 1 is 1.33 bits per heavy atom. The maximum absolute atomic E-state index is 11.4. The first-order chi connectivity index (χ1) is 5.63. The van der Waals surface area contributed by atoms with E-state index in [4.69, 9.17) is 5.73 Å². The molecule has 0 amide bonds. The molecule has 1 aliphatic carbocycles. The summed E-state index contributed by atoms with van der Waals surface area (Å²) in [4.78, 5) is 0. The number of nitrogens with zero attached hydrogens (tertiary/aromatic N) is 1. The van der Waals surface area contributed by atoms with Crippen molar-refractivity contribution in [2.75, 3.05) is 25.4 Å². The van der Waals surface area contributed by atoms with Crippen LogP contribution in [-0.2, 0) is 10.0 Å². The fourth-order valence-corrected chi connectivity index (χ4v) is 3.25. The summed E-state index contributed by atoms with van der Waals surface area (Å²) in [7, 11) is -3.00. The fourth-order valence-electron chi connectivity index (χ4n) is 1.86. The molecule has 0 bridgehead atoms. The van der Waals surface area contributed by atoms with E-state index in [9.17, 15) is 8.42 Å². The van der Waals surface area contributed by atoms with Crippen LogP contribution in [-0.4, -0.2) is 38.1 Å². The quantitative estimate of drug-likeness (QED) is 0.635. The molecule has 2 N–H and O–H groups in total. The second-order valence-electron chi connectivity index (χ2n) is 3.68. The molecule has 12 heavy (non-hydrogen) atoms. The molecular weight excluding hydrogens is 176 g/mol. The predicted molar refractivity (Wildman–Crippen MR) is 46.0 cm³/mol. The molecule has 0 aromatic carbocycles. The first-order valence-electron chi connectivity index (χ1n) is 4.31. The lowest BCUT2D eigenvalue weighted by atomic mass is 10.4. The van der Waals surface area contributed by atoms with Crippen molar-refractivity contribution in [1.82, 2.24) is 4.31 Å². The summed E-state index contributed by atoms with van der Waals surface area (Å²) < 4.78 is 24.5. The minimum Gasteiger partial charge on any atom is -0.329 e. The van der Waals surface area contributed by atoms with Crippen molar-refractivity contribution in [3.63, 3.8) is 0 Å². The van der Waals surface area contributed by atoms with Crippen LogP contribution in [0.1, 0.15) is 6.42 Å². The lowest BCUT2D eigenvalue weighted by Crippen LogP contribution is -2.34. The molecule has 5 heteroatoms. The number of piperidine rings is 1. The SMILES string of the molecule is NCCS(=O)(=O)N1CC2CC2C1. The lowest BCUT2D eigenvalue weighted by molar-refractivity contribution is 0.443. The number of hydrogen-bond acceptors (Lipinski definition) is 3. The van der Waals surface area contributed by atoms with E-state index in [0.717, 1.165) is 13.1 Å². The van der Waals surface area contributed by atoms with E-state index in [2.05, 4.69) is 0 Å². The Kier molecular flexibility index (Phi) is 1.89. The summed E-state index contributed by atoms with van der Waals surface area (Å²) >= 11 is 0. The summed E-state index contributed by atoms with van der Waals surface area (Å²) in [6.45, 7) is 1.72. The van der Waals surface area contributed by atoms with E-state index in [1.807, 2.05) is 0 Å². The summed E-state index contributed by atoms with van der Waals surface area (Å²) in [6, 6.07) is 0. The van der Waals surface area contributed by atoms with Gasteiger partial charge >= 0.3 is 0 Å². The van der Waals surface area contributed by atoms with Crippen molar-refractivity contribution < 1.29 is 8.42 Å². The van der Waals surface area contributed by atoms with Crippen LogP contribution >= 0.6 is 0 Å². The van der Waals surface area contributed by atoms with Crippen molar-refractivity contribution in [3.05, 3.63) is 0 Å². The van der Waals surface area contributed by atoms with Crippen molar-refractivity contribution in [2.45, 2.75) is 6.42 Å². The van der Waals surface area contributed by atoms with E-state index in [1.54, 1.807) is 4.31 Å². The first kappa shape index (κ1) is 8.47. The largest absolute Gasteiger partial charge is 0.329 e. The van der Waals surface area contributed by atoms with Gasteiger partial charge in [-0.15, -0.1) is 0 Å². The van der Waals surface area contributed by atoms with Gasteiger partial charge < -0.3 is 5.73 Å². The van der Waals surface area contributed by atoms with E-state index in [-0.39, 0.29) is 12.3 Å².